The molecule has 0 aliphatic heterocycles. The van der Waals surface area contributed by atoms with Gasteiger partial charge >= 0.3 is 17.9 Å². The molecule has 0 radical (unpaired) electrons. The van der Waals surface area contributed by atoms with Crippen molar-refractivity contribution >= 4 is 17.9 Å². The van der Waals surface area contributed by atoms with Gasteiger partial charge in [0.05, 0.1) is 0 Å². The minimum absolute atomic E-state index is 0.0949. The molecular weight excluding hydrogens is 949 g/mol. The molecule has 0 amide bonds. The number of allylic oxidation sites excluding steroid dienone is 18. The van der Waals surface area contributed by atoms with Crippen molar-refractivity contribution in [3.05, 3.63) is 109 Å². The molecule has 0 saturated heterocycles. The molecule has 0 aromatic heterocycles. The van der Waals surface area contributed by atoms with Gasteiger partial charge in [-0.2, -0.15) is 0 Å². The molecule has 0 aliphatic rings. The molecule has 0 rings (SSSR count). The minimum Gasteiger partial charge on any atom is -0.462 e. The first-order chi connectivity index (χ1) is 38.0. The van der Waals surface area contributed by atoms with Crippen LogP contribution in [0.1, 0.15) is 303 Å². The summed E-state index contributed by atoms with van der Waals surface area (Å²) in [6.07, 6.45) is 88.0. The third kappa shape index (κ3) is 62.8. The lowest BCUT2D eigenvalue weighted by Crippen LogP contribution is -2.30. The molecule has 0 bridgehead atoms. The molecule has 77 heavy (non-hydrogen) atoms. The molecule has 0 fully saturated rings. The molecule has 1 atom stereocenters. The summed E-state index contributed by atoms with van der Waals surface area (Å²) >= 11 is 0. The van der Waals surface area contributed by atoms with Gasteiger partial charge < -0.3 is 14.2 Å². The first-order valence-electron chi connectivity index (χ1n) is 32.4. The number of esters is 3. The van der Waals surface area contributed by atoms with Crippen LogP contribution in [-0.4, -0.2) is 37.2 Å². The van der Waals surface area contributed by atoms with Crippen LogP contribution in [0.4, 0.5) is 0 Å². The third-order valence-corrected chi connectivity index (χ3v) is 13.7. The second-order valence-corrected chi connectivity index (χ2v) is 21.3. The Morgan fingerprint density at radius 3 is 0.831 bits per heavy atom. The Labute approximate surface area is 476 Å². The summed E-state index contributed by atoms with van der Waals surface area (Å²) in [5, 5.41) is 0. The summed E-state index contributed by atoms with van der Waals surface area (Å²) in [6.45, 7) is 6.49. The molecule has 440 valence electrons. The molecule has 0 aromatic carbocycles. The average molecular weight is 1070 g/mol. The maximum Gasteiger partial charge on any atom is 0.306 e. The quantitative estimate of drug-likeness (QED) is 0.0261. The molecule has 0 aliphatic carbocycles. The van der Waals surface area contributed by atoms with Crippen molar-refractivity contribution in [2.24, 2.45) is 0 Å². The topological polar surface area (TPSA) is 78.9 Å². The van der Waals surface area contributed by atoms with Crippen LogP contribution in [0.15, 0.2) is 109 Å². The average Bonchev–Trinajstić information content (AvgIpc) is 3.43. The zero-order valence-electron chi connectivity index (χ0n) is 50.4. The van der Waals surface area contributed by atoms with E-state index >= 15 is 0 Å². The fourth-order valence-corrected chi connectivity index (χ4v) is 8.88. The van der Waals surface area contributed by atoms with Crippen LogP contribution in [0.2, 0.25) is 0 Å². The van der Waals surface area contributed by atoms with Gasteiger partial charge in [-0.15, -0.1) is 0 Å². The van der Waals surface area contributed by atoms with Crippen molar-refractivity contribution < 1.29 is 28.6 Å². The van der Waals surface area contributed by atoms with Crippen molar-refractivity contribution in [2.75, 3.05) is 13.2 Å². The number of carbonyl (C=O) groups is 3. The lowest BCUT2D eigenvalue weighted by Gasteiger charge is -2.18. The summed E-state index contributed by atoms with van der Waals surface area (Å²) in [4.78, 5) is 38.3. The van der Waals surface area contributed by atoms with E-state index in [0.717, 1.165) is 135 Å². The molecule has 0 spiro atoms. The maximum absolute atomic E-state index is 12.9. The van der Waals surface area contributed by atoms with Gasteiger partial charge in [-0.25, -0.2) is 0 Å². The highest BCUT2D eigenvalue weighted by Crippen LogP contribution is 2.15. The second-order valence-electron chi connectivity index (χ2n) is 21.3. The van der Waals surface area contributed by atoms with E-state index in [1.807, 2.05) is 0 Å². The minimum atomic E-state index is -0.799. The van der Waals surface area contributed by atoms with Gasteiger partial charge in [-0.3, -0.25) is 14.4 Å². The second kappa shape index (κ2) is 64.6. The van der Waals surface area contributed by atoms with Gasteiger partial charge in [0.1, 0.15) is 13.2 Å². The van der Waals surface area contributed by atoms with E-state index in [1.54, 1.807) is 0 Å². The first-order valence-corrected chi connectivity index (χ1v) is 32.4. The van der Waals surface area contributed by atoms with Crippen LogP contribution in [-0.2, 0) is 28.6 Å². The smallest absolute Gasteiger partial charge is 0.306 e. The predicted molar refractivity (Wildman–Crippen MR) is 334 cm³/mol. The Morgan fingerprint density at radius 1 is 0.273 bits per heavy atom. The number of rotatable bonds is 58. The number of hydrogen-bond acceptors (Lipinski definition) is 6. The predicted octanol–water partition coefficient (Wildman–Crippen LogP) is 22.2. The number of carbonyl (C=O) groups excluding carboxylic acids is 3. The highest BCUT2D eigenvalue weighted by Gasteiger charge is 2.19. The van der Waals surface area contributed by atoms with E-state index < -0.39 is 6.10 Å². The SMILES string of the molecule is CC/C=C\C/C=C\C/C=C\C/C=C\C/C=C\C/C=C\CCCCCCC(=O)OCC(COC(=O)CCCCCCC/C=C\C/C=C\CCCCC)OC(=O)CCCCCCCCCCC/C=C\CCCCCCCCCC. The van der Waals surface area contributed by atoms with E-state index in [0.29, 0.717) is 19.3 Å². The standard InChI is InChI=1S/C71H120O6/c1-4-7-10-13-16-19-22-25-28-30-32-34-35-37-38-40-43-46-49-52-55-58-61-64-70(73)76-67-68(66-75-69(72)63-60-57-54-51-48-45-42-27-24-21-18-15-12-9-6-3)77-71(74)65-62-59-56-53-50-47-44-41-39-36-33-31-29-26-23-20-17-14-11-8-5-2/h7,10,16,18-19,21,25,27-28,31-34,37-38,42-43,46,68H,4-6,8-9,11-15,17,20,22-24,26,29-30,35-36,39-41,44-45,47-67H2,1-3H3/b10-7-,19-16-,21-18-,28-25-,33-31-,34-32-,38-37-,42-27-,46-43-. The molecule has 0 aromatic rings. The Bertz CT molecular complexity index is 1560. The van der Waals surface area contributed by atoms with Gasteiger partial charge in [0, 0.05) is 19.3 Å². The van der Waals surface area contributed by atoms with E-state index in [1.165, 1.54) is 128 Å². The molecule has 0 saturated carbocycles. The molecule has 0 heterocycles. The van der Waals surface area contributed by atoms with E-state index in [9.17, 15) is 14.4 Å². The maximum atomic E-state index is 12.9. The van der Waals surface area contributed by atoms with Gasteiger partial charge in [0.25, 0.3) is 0 Å². The van der Waals surface area contributed by atoms with E-state index in [-0.39, 0.29) is 31.1 Å². The van der Waals surface area contributed by atoms with Crippen LogP contribution in [0.3, 0.4) is 0 Å². The van der Waals surface area contributed by atoms with Gasteiger partial charge in [-0.1, -0.05) is 265 Å². The largest absolute Gasteiger partial charge is 0.462 e. The van der Waals surface area contributed by atoms with Crippen molar-refractivity contribution in [3.63, 3.8) is 0 Å². The molecular formula is C71H120O6. The zero-order valence-corrected chi connectivity index (χ0v) is 50.4. The Balaban J connectivity index is 4.44. The monoisotopic (exact) mass is 1070 g/mol. The van der Waals surface area contributed by atoms with E-state index in [2.05, 4.69) is 130 Å². The first kappa shape index (κ1) is 73.1. The van der Waals surface area contributed by atoms with Crippen LogP contribution in [0, 0.1) is 0 Å². The van der Waals surface area contributed by atoms with E-state index in [4.69, 9.17) is 14.2 Å². The number of ether oxygens (including phenoxy) is 3. The van der Waals surface area contributed by atoms with Crippen molar-refractivity contribution in [3.8, 4) is 0 Å². The molecule has 0 N–H and O–H groups in total. The number of hydrogen-bond donors (Lipinski definition) is 0. The Hall–Kier alpha value is -3.93. The summed E-state index contributed by atoms with van der Waals surface area (Å²) in [5.41, 5.74) is 0. The summed E-state index contributed by atoms with van der Waals surface area (Å²) < 4.78 is 16.9. The fraction of sp³-hybridized carbons (Fsp3) is 0.704. The fourth-order valence-electron chi connectivity index (χ4n) is 8.88. The Morgan fingerprint density at radius 2 is 0.506 bits per heavy atom. The lowest BCUT2D eigenvalue weighted by atomic mass is 10.1. The highest BCUT2D eigenvalue weighted by atomic mass is 16.6. The van der Waals surface area contributed by atoms with Crippen molar-refractivity contribution in [2.45, 2.75) is 309 Å². The summed E-state index contributed by atoms with van der Waals surface area (Å²) in [7, 11) is 0. The van der Waals surface area contributed by atoms with Gasteiger partial charge in [-0.05, 0) is 128 Å². The normalized spacial score (nSPS) is 12.8. The van der Waals surface area contributed by atoms with Crippen LogP contribution >= 0.6 is 0 Å². The number of unbranched alkanes of at least 4 members (excludes halogenated alkanes) is 29. The molecule has 6 heteroatoms. The van der Waals surface area contributed by atoms with Crippen molar-refractivity contribution in [1.29, 1.82) is 0 Å². The summed E-state index contributed by atoms with van der Waals surface area (Å²) in [6, 6.07) is 0. The zero-order chi connectivity index (χ0) is 55.7. The van der Waals surface area contributed by atoms with Crippen LogP contribution in [0.5, 0.6) is 0 Å². The summed E-state index contributed by atoms with van der Waals surface area (Å²) in [5.74, 6) is -0.927. The van der Waals surface area contributed by atoms with Crippen molar-refractivity contribution in [1.82, 2.24) is 0 Å². The lowest BCUT2D eigenvalue weighted by molar-refractivity contribution is -0.167. The Kier molecular flexibility index (Phi) is 61.3. The van der Waals surface area contributed by atoms with Crippen LogP contribution in [0.25, 0.3) is 0 Å². The van der Waals surface area contributed by atoms with Gasteiger partial charge in [0.2, 0.25) is 0 Å². The van der Waals surface area contributed by atoms with Crippen LogP contribution < -0.4 is 0 Å². The van der Waals surface area contributed by atoms with Gasteiger partial charge in [0.15, 0.2) is 6.10 Å². The third-order valence-electron chi connectivity index (χ3n) is 13.7. The molecule has 6 nitrogen and oxygen atoms in total. The highest BCUT2D eigenvalue weighted by molar-refractivity contribution is 5.71. The molecule has 1 unspecified atom stereocenters.